The van der Waals surface area contributed by atoms with Crippen LogP contribution in [0.1, 0.15) is 15.9 Å². The van der Waals surface area contributed by atoms with Gasteiger partial charge in [0.2, 0.25) is 0 Å². The molecule has 1 amide bonds. The number of aryl methyl sites for hydroxylation is 1. The molecular formula is C11H11NO4. The van der Waals surface area contributed by atoms with Gasteiger partial charge in [-0.15, -0.1) is 0 Å². The molecule has 1 fully saturated rings. The average molecular weight is 221 g/mol. The van der Waals surface area contributed by atoms with Crippen molar-refractivity contribution in [1.82, 2.24) is 0 Å². The molecule has 0 atom stereocenters. The van der Waals surface area contributed by atoms with Crippen molar-refractivity contribution in [3.63, 3.8) is 0 Å². The zero-order valence-corrected chi connectivity index (χ0v) is 8.77. The molecule has 0 aliphatic carbocycles. The Hall–Kier alpha value is -2.04. The van der Waals surface area contributed by atoms with E-state index in [9.17, 15) is 9.59 Å². The van der Waals surface area contributed by atoms with Crippen molar-refractivity contribution in [2.45, 2.75) is 6.92 Å². The summed E-state index contributed by atoms with van der Waals surface area (Å²) >= 11 is 0. The van der Waals surface area contributed by atoms with Gasteiger partial charge in [-0.2, -0.15) is 0 Å². The Morgan fingerprint density at radius 3 is 2.75 bits per heavy atom. The zero-order chi connectivity index (χ0) is 11.7. The lowest BCUT2D eigenvalue weighted by molar-refractivity contribution is 0.0697. The van der Waals surface area contributed by atoms with Gasteiger partial charge in [-0.3, -0.25) is 4.90 Å². The van der Waals surface area contributed by atoms with E-state index in [2.05, 4.69) is 0 Å². The molecule has 0 radical (unpaired) electrons. The van der Waals surface area contributed by atoms with Crippen LogP contribution in [0.2, 0.25) is 0 Å². The second-order valence-corrected chi connectivity index (χ2v) is 3.57. The Labute approximate surface area is 92.2 Å². The minimum Gasteiger partial charge on any atom is -0.478 e. The molecule has 1 heterocycles. The number of benzene rings is 1. The lowest BCUT2D eigenvalue weighted by Gasteiger charge is -2.15. The number of rotatable bonds is 2. The number of carboxylic acid groups (broad SMARTS) is 1. The Kier molecular flexibility index (Phi) is 2.52. The van der Waals surface area contributed by atoms with Crippen LogP contribution in [0.3, 0.4) is 0 Å². The molecule has 1 aliphatic heterocycles. The van der Waals surface area contributed by atoms with Crippen molar-refractivity contribution >= 4 is 17.7 Å². The number of cyclic esters (lactones) is 1. The van der Waals surface area contributed by atoms with Crippen LogP contribution in [0.4, 0.5) is 10.5 Å². The molecule has 1 aliphatic rings. The first-order chi connectivity index (χ1) is 7.59. The van der Waals surface area contributed by atoms with Crippen LogP contribution in [-0.4, -0.2) is 30.3 Å². The smallest absolute Gasteiger partial charge is 0.414 e. The third-order valence-corrected chi connectivity index (χ3v) is 2.50. The van der Waals surface area contributed by atoms with E-state index >= 15 is 0 Å². The number of carboxylic acids is 1. The van der Waals surface area contributed by atoms with Crippen molar-refractivity contribution in [2.24, 2.45) is 0 Å². The van der Waals surface area contributed by atoms with E-state index in [0.717, 1.165) is 5.56 Å². The molecule has 1 aromatic carbocycles. The predicted molar refractivity (Wildman–Crippen MR) is 56.8 cm³/mol. The van der Waals surface area contributed by atoms with Gasteiger partial charge in [-0.1, -0.05) is 0 Å². The van der Waals surface area contributed by atoms with Crippen LogP contribution in [0, 0.1) is 6.92 Å². The van der Waals surface area contributed by atoms with E-state index in [1.807, 2.05) is 0 Å². The van der Waals surface area contributed by atoms with Crippen molar-refractivity contribution in [2.75, 3.05) is 18.1 Å². The minimum atomic E-state index is -0.973. The highest BCUT2D eigenvalue weighted by molar-refractivity contribution is 5.92. The maximum atomic E-state index is 11.3. The third-order valence-electron chi connectivity index (χ3n) is 2.50. The van der Waals surface area contributed by atoms with Gasteiger partial charge in [0.15, 0.2) is 0 Å². The van der Waals surface area contributed by atoms with Crippen molar-refractivity contribution < 1.29 is 19.4 Å². The lowest BCUT2D eigenvalue weighted by Crippen LogP contribution is -2.24. The Morgan fingerprint density at radius 2 is 2.25 bits per heavy atom. The second-order valence-electron chi connectivity index (χ2n) is 3.57. The molecule has 1 saturated heterocycles. The van der Waals surface area contributed by atoms with Crippen LogP contribution < -0.4 is 4.90 Å². The van der Waals surface area contributed by atoms with Crippen LogP contribution in [-0.2, 0) is 4.74 Å². The first kappa shape index (κ1) is 10.5. The number of anilines is 1. The van der Waals surface area contributed by atoms with Crippen LogP contribution >= 0.6 is 0 Å². The Balaban J connectivity index is 2.36. The standard InChI is InChI=1S/C11H11NO4/c1-7-6-8(10(13)14)2-3-9(7)12-4-5-16-11(12)15/h2-3,6H,4-5H2,1H3,(H,13,14). The van der Waals surface area contributed by atoms with E-state index in [1.54, 1.807) is 19.1 Å². The molecule has 1 aromatic rings. The molecule has 5 nitrogen and oxygen atoms in total. The molecule has 1 N–H and O–H groups in total. The van der Waals surface area contributed by atoms with Gasteiger partial charge in [-0.05, 0) is 30.7 Å². The highest BCUT2D eigenvalue weighted by Gasteiger charge is 2.24. The summed E-state index contributed by atoms with van der Waals surface area (Å²) in [5, 5.41) is 8.81. The number of carbonyl (C=O) groups is 2. The summed E-state index contributed by atoms with van der Waals surface area (Å²) in [6.45, 7) is 2.65. The fraction of sp³-hybridized carbons (Fsp3) is 0.273. The van der Waals surface area contributed by atoms with Crippen LogP contribution in [0.5, 0.6) is 0 Å². The molecule has 84 valence electrons. The number of ether oxygens (including phenoxy) is 1. The maximum Gasteiger partial charge on any atom is 0.414 e. The van der Waals surface area contributed by atoms with Gasteiger partial charge < -0.3 is 9.84 Å². The summed E-state index contributed by atoms with van der Waals surface area (Å²) < 4.78 is 4.82. The molecule has 0 saturated carbocycles. The fourth-order valence-electron chi connectivity index (χ4n) is 1.70. The van der Waals surface area contributed by atoms with E-state index in [-0.39, 0.29) is 11.7 Å². The van der Waals surface area contributed by atoms with Crippen molar-refractivity contribution in [3.05, 3.63) is 29.3 Å². The largest absolute Gasteiger partial charge is 0.478 e. The Morgan fingerprint density at radius 1 is 1.50 bits per heavy atom. The van der Waals surface area contributed by atoms with Crippen molar-refractivity contribution in [3.8, 4) is 0 Å². The predicted octanol–water partition coefficient (Wildman–Crippen LogP) is 1.65. The SMILES string of the molecule is Cc1cc(C(=O)O)ccc1N1CCOC1=O. The van der Waals surface area contributed by atoms with Gasteiger partial charge in [0.25, 0.3) is 0 Å². The van der Waals surface area contributed by atoms with E-state index in [0.29, 0.717) is 18.8 Å². The molecule has 0 aromatic heterocycles. The summed E-state index contributed by atoms with van der Waals surface area (Å²) in [6, 6.07) is 4.66. The van der Waals surface area contributed by atoms with Gasteiger partial charge in [-0.25, -0.2) is 9.59 Å². The van der Waals surface area contributed by atoms with Crippen LogP contribution in [0.25, 0.3) is 0 Å². The van der Waals surface area contributed by atoms with Gasteiger partial charge >= 0.3 is 12.1 Å². The summed E-state index contributed by atoms with van der Waals surface area (Å²) in [6.07, 6.45) is -0.383. The highest BCUT2D eigenvalue weighted by atomic mass is 16.6. The number of amides is 1. The number of nitrogens with zero attached hydrogens (tertiary/aromatic N) is 1. The summed E-state index contributed by atoms with van der Waals surface area (Å²) in [5.74, 6) is -0.973. The van der Waals surface area contributed by atoms with E-state index < -0.39 is 5.97 Å². The first-order valence-corrected chi connectivity index (χ1v) is 4.88. The number of hydrogen-bond donors (Lipinski definition) is 1. The topological polar surface area (TPSA) is 66.8 Å². The monoisotopic (exact) mass is 221 g/mol. The Bertz CT molecular complexity index is 455. The quantitative estimate of drug-likeness (QED) is 0.824. The molecule has 16 heavy (non-hydrogen) atoms. The minimum absolute atomic E-state index is 0.216. The molecule has 0 spiro atoms. The maximum absolute atomic E-state index is 11.3. The summed E-state index contributed by atoms with van der Waals surface area (Å²) in [7, 11) is 0. The molecule has 0 unspecified atom stereocenters. The van der Waals surface area contributed by atoms with Crippen molar-refractivity contribution in [1.29, 1.82) is 0 Å². The van der Waals surface area contributed by atoms with E-state index in [1.165, 1.54) is 11.0 Å². The highest BCUT2D eigenvalue weighted by Crippen LogP contribution is 2.24. The van der Waals surface area contributed by atoms with Gasteiger partial charge in [0.1, 0.15) is 6.61 Å². The molecule has 0 bridgehead atoms. The normalized spacial score (nSPS) is 15.1. The second kappa shape index (κ2) is 3.84. The summed E-state index contributed by atoms with van der Waals surface area (Å²) in [5.41, 5.74) is 1.67. The van der Waals surface area contributed by atoms with E-state index in [4.69, 9.17) is 9.84 Å². The number of hydrogen-bond acceptors (Lipinski definition) is 3. The number of carbonyl (C=O) groups excluding carboxylic acids is 1. The third kappa shape index (κ3) is 1.71. The molecule has 2 rings (SSSR count). The molecular weight excluding hydrogens is 210 g/mol. The first-order valence-electron chi connectivity index (χ1n) is 4.88. The van der Waals surface area contributed by atoms with Crippen LogP contribution in [0.15, 0.2) is 18.2 Å². The fourth-order valence-corrected chi connectivity index (χ4v) is 1.70. The lowest BCUT2D eigenvalue weighted by atomic mass is 10.1. The number of aromatic carboxylic acids is 1. The van der Waals surface area contributed by atoms with Gasteiger partial charge in [0, 0.05) is 0 Å². The zero-order valence-electron chi connectivity index (χ0n) is 8.77. The van der Waals surface area contributed by atoms with Gasteiger partial charge in [0.05, 0.1) is 17.8 Å². The summed E-state index contributed by atoms with van der Waals surface area (Å²) in [4.78, 5) is 23.6. The molecule has 5 heteroatoms. The average Bonchev–Trinajstić information content (AvgIpc) is 2.64.